The van der Waals surface area contributed by atoms with Crippen molar-refractivity contribution in [1.29, 1.82) is 0 Å². The first-order valence-corrected chi connectivity index (χ1v) is 4.97. The lowest BCUT2D eigenvalue weighted by Gasteiger charge is -2.04. The van der Waals surface area contributed by atoms with Crippen LogP contribution >= 0.6 is 0 Å². The van der Waals surface area contributed by atoms with Crippen molar-refractivity contribution in [3.05, 3.63) is 36.0 Å². The van der Waals surface area contributed by atoms with Gasteiger partial charge in [-0.25, -0.2) is 9.78 Å². The van der Waals surface area contributed by atoms with Crippen molar-refractivity contribution in [3.63, 3.8) is 0 Å². The number of rotatable bonds is 3. The van der Waals surface area contributed by atoms with Crippen LogP contribution in [0, 0.1) is 0 Å². The lowest BCUT2D eigenvalue weighted by molar-refractivity contribution is 0.0691. The highest BCUT2D eigenvalue weighted by atomic mass is 16.5. The highest BCUT2D eigenvalue weighted by Crippen LogP contribution is 2.19. The van der Waals surface area contributed by atoms with E-state index < -0.39 is 5.97 Å². The Labute approximate surface area is 92.5 Å². The van der Waals surface area contributed by atoms with Gasteiger partial charge in [0.15, 0.2) is 0 Å². The molecule has 4 nitrogen and oxygen atoms in total. The first-order valence-electron chi connectivity index (χ1n) is 4.97. The van der Waals surface area contributed by atoms with E-state index in [4.69, 9.17) is 9.84 Å². The molecule has 0 bridgehead atoms. The number of carboxylic acids is 1. The zero-order chi connectivity index (χ0) is 11.5. The molecule has 82 valence electrons. The number of pyridine rings is 1. The van der Waals surface area contributed by atoms with E-state index in [0.29, 0.717) is 12.1 Å². The Balaban J connectivity index is 2.48. The minimum absolute atomic E-state index is 0.0525. The van der Waals surface area contributed by atoms with E-state index in [1.165, 1.54) is 6.07 Å². The quantitative estimate of drug-likeness (QED) is 0.857. The Morgan fingerprint density at radius 1 is 1.38 bits per heavy atom. The number of benzene rings is 1. The first-order chi connectivity index (χ1) is 7.70. The van der Waals surface area contributed by atoms with Crippen molar-refractivity contribution in [2.45, 2.75) is 6.92 Å². The van der Waals surface area contributed by atoms with E-state index in [9.17, 15) is 4.79 Å². The zero-order valence-electron chi connectivity index (χ0n) is 8.80. The largest absolute Gasteiger partial charge is 0.494 e. The van der Waals surface area contributed by atoms with Gasteiger partial charge in [-0.2, -0.15) is 0 Å². The monoisotopic (exact) mass is 217 g/mol. The summed E-state index contributed by atoms with van der Waals surface area (Å²) in [5.41, 5.74) is 0.708. The molecule has 0 aliphatic heterocycles. The third-order valence-corrected chi connectivity index (χ3v) is 2.19. The van der Waals surface area contributed by atoms with Crippen molar-refractivity contribution in [2.75, 3.05) is 6.61 Å². The third kappa shape index (κ3) is 1.95. The van der Waals surface area contributed by atoms with E-state index in [0.717, 1.165) is 11.1 Å². The predicted octanol–water partition coefficient (Wildman–Crippen LogP) is 2.33. The van der Waals surface area contributed by atoms with E-state index >= 15 is 0 Å². The average Bonchev–Trinajstić information content (AvgIpc) is 2.28. The summed E-state index contributed by atoms with van der Waals surface area (Å²) in [6.45, 7) is 2.52. The van der Waals surface area contributed by atoms with Crippen molar-refractivity contribution >= 4 is 16.9 Å². The van der Waals surface area contributed by atoms with Crippen LogP contribution in [0.4, 0.5) is 0 Å². The minimum atomic E-state index is -1.02. The van der Waals surface area contributed by atoms with Crippen LogP contribution in [0.1, 0.15) is 17.4 Å². The predicted molar refractivity (Wildman–Crippen MR) is 59.9 cm³/mol. The molecule has 16 heavy (non-hydrogen) atoms. The van der Waals surface area contributed by atoms with Crippen LogP contribution in [0.2, 0.25) is 0 Å². The number of aromatic nitrogens is 1. The third-order valence-electron chi connectivity index (χ3n) is 2.19. The summed E-state index contributed by atoms with van der Waals surface area (Å²) in [5, 5.41) is 9.67. The highest BCUT2D eigenvalue weighted by Gasteiger charge is 2.05. The molecule has 0 saturated heterocycles. The molecule has 4 heteroatoms. The van der Waals surface area contributed by atoms with Crippen molar-refractivity contribution in [1.82, 2.24) is 4.98 Å². The van der Waals surface area contributed by atoms with E-state index in [1.807, 2.05) is 13.0 Å². The molecule has 0 saturated carbocycles. The number of fused-ring (bicyclic) bond motifs is 1. The molecule has 0 fully saturated rings. The second kappa shape index (κ2) is 4.18. The van der Waals surface area contributed by atoms with Gasteiger partial charge in [0, 0.05) is 5.39 Å². The van der Waals surface area contributed by atoms with Crippen LogP contribution in [0.5, 0.6) is 5.75 Å². The van der Waals surface area contributed by atoms with E-state index in [-0.39, 0.29) is 5.69 Å². The summed E-state index contributed by atoms with van der Waals surface area (Å²) in [6, 6.07) is 8.60. The van der Waals surface area contributed by atoms with Gasteiger partial charge in [-0.15, -0.1) is 0 Å². The maximum absolute atomic E-state index is 10.7. The fraction of sp³-hybridized carbons (Fsp3) is 0.167. The summed E-state index contributed by atoms with van der Waals surface area (Å²) < 4.78 is 5.35. The van der Waals surface area contributed by atoms with Crippen molar-refractivity contribution in [3.8, 4) is 5.75 Å². The summed E-state index contributed by atoms with van der Waals surface area (Å²) in [7, 11) is 0. The molecule has 0 aliphatic carbocycles. The van der Waals surface area contributed by atoms with Gasteiger partial charge in [0.1, 0.15) is 11.4 Å². The molecule has 0 unspecified atom stereocenters. The minimum Gasteiger partial charge on any atom is -0.494 e. The molecule has 0 spiro atoms. The van der Waals surface area contributed by atoms with Gasteiger partial charge in [-0.3, -0.25) is 0 Å². The number of carboxylic acid groups (broad SMARTS) is 1. The molecule has 0 amide bonds. The number of hydrogen-bond acceptors (Lipinski definition) is 3. The Bertz CT molecular complexity index is 537. The molecular weight excluding hydrogens is 206 g/mol. The summed E-state index contributed by atoms with van der Waals surface area (Å²) in [4.78, 5) is 14.7. The number of hydrogen-bond donors (Lipinski definition) is 1. The maximum atomic E-state index is 10.7. The fourth-order valence-corrected chi connectivity index (χ4v) is 1.48. The smallest absolute Gasteiger partial charge is 0.354 e. The van der Waals surface area contributed by atoms with Crippen LogP contribution in [-0.2, 0) is 0 Å². The topological polar surface area (TPSA) is 59.4 Å². The first kappa shape index (κ1) is 10.4. The van der Waals surface area contributed by atoms with Crippen molar-refractivity contribution in [2.24, 2.45) is 0 Å². The van der Waals surface area contributed by atoms with E-state index in [2.05, 4.69) is 4.98 Å². The Kier molecular flexibility index (Phi) is 2.72. The number of carbonyl (C=O) groups is 1. The van der Waals surface area contributed by atoms with Gasteiger partial charge >= 0.3 is 5.97 Å². The number of nitrogens with zero attached hydrogens (tertiary/aromatic N) is 1. The summed E-state index contributed by atoms with van der Waals surface area (Å²) in [6.07, 6.45) is 0. The number of ether oxygens (including phenoxy) is 1. The highest BCUT2D eigenvalue weighted by molar-refractivity contribution is 5.90. The van der Waals surface area contributed by atoms with Gasteiger partial charge in [-0.1, -0.05) is 6.07 Å². The maximum Gasteiger partial charge on any atom is 0.354 e. The summed E-state index contributed by atoms with van der Waals surface area (Å²) >= 11 is 0. The molecule has 0 atom stereocenters. The normalized spacial score (nSPS) is 10.3. The molecule has 0 radical (unpaired) electrons. The van der Waals surface area contributed by atoms with Gasteiger partial charge in [0.25, 0.3) is 0 Å². The molecule has 2 rings (SSSR count). The lowest BCUT2D eigenvalue weighted by Crippen LogP contribution is -1.99. The Hall–Kier alpha value is -2.10. The SMILES string of the molecule is CCOc1ccc2nc(C(=O)O)ccc2c1. The van der Waals surface area contributed by atoms with Crippen LogP contribution in [0.3, 0.4) is 0 Å². The number of aromatic carboxylic acids is 1. The van der Waals surface area contributed by atoms with Gasteiger partial charge in [0.05, 0.1) is 12.1 Å². The van der Waals surface area contributed by atoms with Gasteiger partial charge < -0.3 is 9.84 Å². The van der Waals surface area contributed by atoms with Crippen LogP contribution in [-0.4, -0.2) is 22.7 Å². The molecule has 1 N–H and O–H groups in total. The molecule has 1 aromatic carbocycles. The molecule has 0 aliphatic rings. The van der Waals surface area contributed by atoms with Crippen molar-refractivity contribution < 1.29 is 14.6 Å². The molecule has 1 aromatic heterocycles. The molecule has 2 aromatic rings. The van der Waals surface area contributed by atoms with E-state index in [1.54, 1.807) is 18.2 Å². The fourth-order valence-electron chi connectivity index (χ4n) is 1.48. The Morgan fingerprint density at radius 2 is 2.19 bits per heavy atom. The second-order valence-electron chi connectivity index (χ2n) is 3.29. The lowest BCUT2D eigenvalue weighted by atomic mass is 10.2. The van der Waals surface area contributed by atoms with Crippen LogP contribution in [0.25, 0.3) is 10.9 Å². The Morgan fingerprint density at radius 3 is 2.88 bits per heavy atom. The van der Waals surface area contributed by atoms with Gasteiger partial charge in [0.2, 0.25) is 0 Å². The molecular formula is C12H11NO3. The molecule has 1 heterocycles. The van der Waals surface area contributed by atoms with Crippen LogP contribution in [0.15, 0.2) is 30.3 Å². The zero-order valence-corrected chi connectivity index (χ0v) is 8.80. The summed E-state index contributed by atoms with van der Waals surface area (Å²) in [5.74, 6) is -0.254. The standard InChI is InChI=1S/C12H11NO3/c1-2-16-9-4-6-10-8(7-9)3-5-11(13-10)12(14)15/h3-7H,2H2,1H3,(H,14,15). The second-order valence-corrected chi connectivity index (χ2v) is 3.29. The van der Waals surface area contributed by atoms with Gasteiger partial charge in [-0.05, 0) is 31.2 Å². The van der Waals surface area contributed by atoms with Crippen LogP contribution < -0.4 is 4.74 Å². The average molecular weight is 217 g/mol.